The van der Waals surface area contributed by atoms with Crippen molar-refractivity contribution in [3.8, 4) is 0 Å². The third kappa shape index (κ3) is 4.27. The zero-order chi connectivity index (χ0) is 14.8. The molecular weight excluding hydrogens is 321 g/mol. The summed E-state index contributed by atoms with van der Waals surface area (Å²) in [6.07, 6.45) is 2.15. The molecule has 0 unspecified atom stereocenters. The Morgan fingerprint density at radius 2 is 2.00 bits per heavy atom. The van der Waals surface area contributed by atoms with Crippen LogP contribution >= 0.6 is 15.9 Å². The number of halogens is 2. The highest BCUT2D eigenvalue weighted by molar-refractivity contribution is 9.10. The Hall–Kier alpha value is -0.450. The van der Waals surface area contributed by atoms with Crippen LogP contribution in [0.4, 0.5) is 4.39 Å². The quantitative estimate of drug-likeness (QED) is 0.902. The first-order valence-corrected chi connectivity index (χ1v) is 8.06. The maximum atomic E-state index is 13.1. The van der Waals surface area contributed by atoms with Gasteiger partial charge in [0.2, 0.25) is 0 Å². The predicted molar refractivity (Wildman–Crippen MR) is 83.3 cm³/mol. The molecule has 1 aliphatic rings. The van der Waals surface area contributed by atoms with Crippen molar-refractivity contribution in [1.29, 1.82) is 0 Å². The molecule has 1 saturated heterocycles. The molecule has 2 rings (SSSR count). The molecule has 0 aliphatic carbocycles. The lowest BCUT2D eigenvalue weighted by Gasteiger charge is -2.39. The van der Waals surface area contributed by atoms with E-state index in [4.69, 9.17) is 0 Å². The summed E-state index contributed by atoms with van der Waals surface area (Å²) in [5.41, 5.74) is 0.319. The minimum Gasteiger partial charge on any atom is -0.389 e. The molecule has 0 saturated carbocycles. The number of nitrogens with zero attached hydrogens (tertiary/aromatic N) is 1. The predicted octanol–water partition coefficient (Wildman–Crippen LogP) is 3.61. The van der Waals surface area contributed by atoms with Gasteiger partial charge in [0.1, 0.15) is 5.82 Å². The van der Waals surface area contributed by atoms with Gasteiger partial charge in [0, 0.05) is 30.5 Å². The molecule has 0 spiro atoms. The van der Waals surface area contributed by atoms with Gasteiger partial charge in [0.15, 0.2) is 0 Å². The summed E-state index contributed by atoms with van der Waals surface area (Å²) >= 11 is 3.38. The number of hydrogen-bond donors (Lipinski definition) is 1. The van der Waals surface area contributed by atoms with Crippen LogP contribution in [0.2, 0.25) is 0 Å². The van der Waals surface area contributed by atoms with E-state index in [0.717, 1.165) is 42.5 Å². The summed E-state index contributed by atoms with van der Waals surface area (Å²) in [5.74, 6) is 0.409. The van der Waals surface area contributed by atoms with Gasteiger partial charge < -0.3 is 10.0 Å². The maximum Gasteiger partial charge on any atom is 0.124 e. The molecule has 1 N–H and O–H groups in total. The highest BCUT2D eigenvalue weighted by Gasteiger charge is 2.32. The van der Waals surface area contributed by atoms with Crippen molar-refractivity contribution in [3.63, 3.8) is 0 Å². The van der Waals surface area contributed by atoms with Gasteiger partial charge in [-0.05, 0) is 36.5 Å². The van der Waals surface area contributed by atoms with Gasteiger partial charge in [-0.25, -0.2) is 4.39 Å². The second-order valence-corrected chi connectivity index (χ2v) is 7.19. The van der Waals surface area contributed by atoms with Crippen LogP contribution in [0.1, 0.15) is 32.3 Å². The molecule has 2 nitrogen and oxygen atoms in total. The van der Waals surface area contributed by atoms with E-state index in [1.54, 1.807) is 6.07 Å². The smallest absolute Gasteiger partial charge is 0.124 e. The van der Waals surface area contributed by atoms with Crippen molar-refractivity contribution in [3.05, 3.63) is 34.1 Å². The van der Waals surface area contributed by atoms with Crippen LogP contribution in [0.15, 0.2) is 22.7 Å². The molecule has 0 bridgehead atoms. The van der Waals surface area contributed by atoms with Crippen molar-refractivity contribution >= 4 is 15.9 Å². The molecule has 1 heterocycles. The van der Waals surface area contributed by atoms with Crippen molar-refractivity contribution in [1.82, 2.24) is 4.90 Å². The van der Waals surface area contributed by atoms with E-state index >= 15 is 0 Å². The Bertz CT molecular complexity index is 456. The van der Waals surface area contributed by atoms with Crippen LogP contribution in [0.3, 0.4) is 0 Å². The van der Waals surface area contributed by atoms with Gasteiger partial charge in [0.05, 0.1) is 5.60 Å². The van der Waals surface area contributed by atoms with Crippen LogP contribution in [-0.4, -0.2) is 35.2 Å². The van der Waals surface area contributed by atoms with Crippen molar-refractivity contribution in [2.45, 2.75) is 38.7 Å². The summed E-state index contributed by atoms with van der Waals surface area (Å²) in [4.78, 5) is 2.42. The highest BCUT2D eigenvalue weighted by Crippen LogP contribution is 2.30. The first kappa shape index (κ1) is 15.9. The minimum absolute atomic E-state index is 0.251. The Balaban J connectivity index is 1.96. The fourth-order valence-electron chi connectivity index (χ4n) is 2.86. The van der Waals surface area contributed by atoms with Crippen molar-refractivity contribution in [2.24, 2.45) is 5.92 Å². The molecule has 4 heteroatoms. The molecular formula is C16H23BrFNO. The van der Waals surface area contributed by atoms with Gasteiger partial charge in [-0.2, -0.15) is 0 Å². The molecule has 1 fully saturated rings. The van der Waals surface area contributed by atoms with E-state index in [0.29, 0.717) is 12.3 Å². The lowest BCUT2D eigenvalue weighted by Crippen LogP contribution is -2.46. The molecule has 20 heavy (non-hydrogen) atoms. The highest BCUT2D eigenvalue weighted by atomic mass is 79.9. The lowest BCUT2D eigenvalue weighted by atomic mass is 9.85. The molecule has 1 aromatic rings. The van der Waals surface area contributed by atoms with E-state index in [-0.39, 0.29) is 5.82 Å². The Kier molecular flexibility index (Phi) is 5.21. The summed E-state index contributed by atoms with van der Waals surface area (Å²) in [6.45, 7) is 7.41. The number of aliphatic hydroxyl groups is 1. The largest absolute Gasteiger partial charge is 0.389 e. The zero-order valence-corrected chi connectivity index (χ0v) is 13.8. The van der Waals surface area contributed by atoms with Crippen LogP contribution < -0.4 is 0 Å². The van der Waals surface area contributed by atoms with Crippen LogP contribution in [0.5, 0.6) is 0 Å². The van der Waals surface area contributed by atoms with Crippen LogP contribution in [-0.2, 0) is 6.42 Å². The lowest BCUT2D eigenvalue weighted by molar-refractivity contribution is -0.0228. The normalized spacial score (nSPS) is 19.5. The summed E-state index contributed by atoms with van der Waals surface area (Å²) in [5, 5.41) is 10.7. The summed E-state index contributed by atoms with van der Waals surface area (Å²) < 4.78 is 13.8. The average molecular weight is 344 g/mol. The van der Waals surface area contributed by atoms with Crippen LogP contribution in [0, 0.1) is 11.7 Å². The molecule has 0 atom stereocenters. The zero-order valence-electron chi connectivity index (χ0n) is 12.2. The third-order valence-corrected chi connectivity index (χ3v) is 4.68. The fourth-order valence-corrected chi connectivity index (χ4v) is 3.36. The van der Waals surface area contributed by atoms with Gasteiger partial charge in [-0.1, -0.05) is 35.8 Å². The first-order valence-electron chi connectivity index (χ1n) is 7.27. The second-order valence-electron chi connectivity index (χ2n) is 6.33. The monoisotopic (exact) mass is 343 g/mol. The molecule has 0 amide bonds. The van der Waals surface area contributed by atoms with Gasteiger partial charge in [0.25, 0.3) is 0 Å². The van der Waals surface area contributed by atoms with E-state index < -0.39 is 5.60 Å². The SMILES string of the molecule is CC(C)CN1CCC(O)(Cc2ccc(F)cc2Br)CC1. The Labute approximate surface area is 129 Å². The average Bonchev–Trinajstić information content (AvgIpc) is 2.36. The summed E-state index contributed by atoms with van der Waals surface area (Å²) in [6, 6.07) is 4.68. The van der Waals surface area contributed by atoms with Gasteiger partial charge in [-0.15, -0.1) is 0 Å². The van der Waals surface area contributed by atoms with Gasteiger partial charge in [-0.3, -0.25) is 0 Å². The maximum absolute atomic E-state index is 13.1. The second kappa shape index (κ2) is 6.54. The topological polar surface area (TPSA) is 23.5 Å². The Morgan fingerprint density at radius 1 is 1.35 bits per heavy atom. The third-order valence-electron chi connectivity index (χ3n) is 3.94. The minimum atomic E-state index is -0.659. The standard InChI is InChI=1S/C16H23BrFNO/c1-12(2)11-19-7-5-16(20,6-8-19)10-13-3-4-14(18)9-15(13)17/h3-4,9,12,20H,5-8,10-11H2,1-2H3. The molecule has 0 radical (unpaired) electrons. The number of piperidine rings is 1. The number of rotatable bonds is 4. The van der Waals surface area contributed by atoms with Crippen LogP contribution in [0.25, 0.3) is 0 Å². The fraction of sp³-hybridized carbons (Fsp3) is 0.625. The molecule has 1 aliphatic heterocycles. The first-order chi connectivity index (χ1) is 9.38. The molecule has 0 aromatic heterocycles. The van der Waals surface area contributed by atoms with E-state index in [1.165, 1.54) is 12.1 Å². The van der Waals surface area contributed by atoms with E-state index in [9.17, 15) is 9.50 Å². The molecule has 112 valence electrons. The van der Waals surface area contributed by atoms with Crippen molar-refractivity contribution in [2.75, 3.05) is 19.6 Å². The molecule has 1 aromatic carbocycles. The number of hydrogen-bond acceptors (Lipinski definition) is 2. The van der Waals surface area contributed by atoms with Gasteiger partial charge >= 0.3 is 0 Å². The van der Waals surface area contributed by atoms with E-state index in [2.05, 4.69) is 34.7 Å². The summed E-state index contributed by atoms with van der Waals surface area (Å²) in [7, 11) is 0. The Morgan fingerprint density at radius 3 is 2.55 bits per heavy atom. The number of likely N-dealkylation sites (tertiary alicyclic amines) is 1. The van der Waals surface area contributed by atoms with E-state index in [1.807, 2.05) is 0 Å². The van der Waals surface area contributed by atoms with Crippen molar-refractivity contribution < 1.29 is 9.50 Å². The number of benzene rings is 1.